The fourth-order valence-corrected chi connectivity index (χ4v) is 2.41. The predicted octanol–water partition coefficient (Wildman–Crippen LogP) is 2.64. The minimum atomic E-state index is -4.47. The highest BCUT2D eigenvalue weighted by Gasteiger charge is 2.44. The van der Waals surface area contributed by atoms with Gasteiger partial charge < -0.3 is 9.64 Å². The van der Waals surface area contributed by atoms with E-state index in [4.69, 9.17) is 4.74 Å². The summed E-state index contributed by atoms with van der Waals surface area (Å²) in [7, 11) is 0. The van der Waals surface area contributed by atoms with Crippen molar-refractivity contribution in [2.75, 3.05) is 19.7 Å². The van der Waals surface area contributed by atoms with Crippen LogP contribution in [-0.4, -0.2) is 47.8 Å². The first-order valence-corrected chi connectivity index (χ1v) is 6.77. The molecule has 0 unspecified atom stereocenters. The second kappa shape index (κ2) is 5.57. The number of alkyl halides is 3. The van der Waals surface area contributed by atoms with Gasteiger partial charge in [-0.15, -0.1) is 0 Å². The smallest absolute Gasteiger partial charge is 0.365 e. The second-order valence-electron chi connectivity index (χ2n) is 5.06. The molecular formula is C15H13F3N2O2. The second-order valence-corrected chi connectivity index (χ2v) is 5.06. The highest BCUT2D eigenvalue weighted by molar-refractivity contribution is 5.97. The van der Waals surface area contributed by atoms with E-state index >= 15 is 0 Å². The van der Waals surface area contributed by atoms with Gasteiger partial charge in [0, 0.05) is 23.7 Å². The van der Waals surface area contributed by atoms with E-state index in [2.05, 4.69) is 4.98 Å². The van der Waals surface area contributed by atoms with Crippen molar-refractivity contribution in [3.63, 3.8) is 0 Å². The van der Waals surface area contributed by atoms with Crippen LogP contribution in [0.25, 0.3) is 10.9 Å². The minimum absolute atomic E-state index is 0.123. The Hall–Kier alpha value is -2.15. The topological polar surface area (TPSA) is 42.4 Å². The number of hydrogen-bond donors (Lipinski definition) is 0. The van der Waals surface area contributed by atoms with Gasteiger partial charge in [0.25, 0.3) is 5.91 Å². The van der Waals surface area contributed by atoms with Crippen molar-refractivity contribution in [1.82, 2.24) is 9.88 Å². The predicted molar refractivity (Wildman–Crippen MR) is 73.4 cm³/mol. The number of ether oxygens (including phenoxy) is 1. The van der Waals surface area contributed by atoms with Gasteiger partial charge in [0.2, 0.25) is 0 Å². The van der Waals surface area contributed by atoms with E-state index in [9.17, 15) is 18.0 Å². The molecule has 0 spiro atoms. The molecule has 4 nitrogen and oxygen atoms in total. The number of fused-ring (bicyclic) bond motifs is 1. The number of halogens is 3. The lowest BCUT2D eigenvalue weighted by molar-refractivity contribution is -0.233. The molecule has 0 aliphatic carbocycles. The molecule has 2 aromatic rings. The van der Waals surface area contributed by atoms with Crippen molar-refractivity contribution in [1.29, 1.82) is 0 Å². The number of rotatable bonds is 1. The fourth-order valence-electron chi connectivity index (χ4n) is 2.41. The normalized spacial score (nSPS) is 19.4. The number of amides is 1. The molecule has 1 amide bonds. The molecule has 1 atom stereocenters. The highest BCUT2D eigenvalue weighted by atomic mass is 19.4. The maximum Gasteiger partial charge on any atom is 0.416 e. The largest absolute Gasteiger partial charge is 0.416 e. The van der Waals surface area contributed by atoms with Crippen LogP contribution < -0.4 is 0 Å². The molecule has 116 valence electrons. The van der Waals surface area contributed by atoms with Crippen molar-refractivity contribution < 1.29 is 22.7 Å². The van der Waals surface area contributed by atoms with Gasteiger partial charge in [0.15, 0.2) is 6.10 Å². The zero-order valence-corrected chi connectivity index (χ0v) is 11.5. The van der Waals surface area contributed by atoms with Crippen LogP contribution in [-0.2, 0) is 4.74 Å². The Morgan fingerprint density at radius 1 is 1.32 bits per heavy atom. The Balaban J connectivity index is 1.82. The van der Waals surface area contributed by atoms with Crippen molar-refractivity contribution in [2.45, 2.75) is 12.3 Å². The Morgan fingerprint density at radius 3 is 2.91 bits per heavy atom. The fraction of sp³-hybridized carbons (Fsp3) is 0.333. The Bertz CT molecular complexity index is 702. The van der Waals surface area contributed by atoms with E-state index < -0.39 is 24.7 Å². The molecule has 0 bridgehead atoms. The number of morpholine rings is 1. The molecule has 1 fully saturated rings. The standard InChI is InChI=1S/C15H13F3N2O2/c16-15(17,18)13-9-20(6-7-22-13)14(21)11-4-3-10-2-1-5-19-12(10)8-11/h1-5,8,13H,6-7,9H2/t13-/m1/s1. The average Bonchev–Trinajstić information content (AvgIpc) is 2.53. The molecule has 2 heterocycles. The Morgan fingerprint density at radius 2 is 2.14 bits per heavy atom. The van der Waals surface area contributed by atoms with E-state index in [0.717, 1.165) is 5.39 Å². The summed E-state index contributed by atoms with van der Waals surface area (Å²) in [4.78, 5) is 17.7. The number of hydrogen-bond acceptors (Lipinski definition) is 3. The summed E-state index contributed by atoms with van der Waals surface area (Å²) in [5.74, 6) is -0.440. The maximum atomic E-state index is 12.7. The van der Waals surface area contributed by atoms with E-state index in [-0.39, 0.29) is 13.2 Å². The number of carbonyl (C=O) groups excluding carboxylic acids is 1. The van der Waals surface area contributed by atoms with Gasteiger partial charge in [-0.3, -0.25) is 9.78 Å². The van der Waals surface area contributed by atoms with Gasteiger partial charge in [-0.1, -0.05) is 12.1 Å². The molecule has 1 saturated heterocycles. The summed E-state index contributed by atoms with van der Waals surface area (Å²) in [6, 6.07) is 8.56. The Labute approximate surface area is 124 Å². The first kappa shape index (κ1) is 14.8. The lowest BCUT2D eigenvalue weighted by Crippen LogP contribution is -2.51. The van der Waals surface area contributed by atoms with Gasteiger partial charge in [-0.05, 0) is 18.2 Å². The van der Waals surface area contributed by atoms with Crippen molar-refractivity contribution >= 4 is 16.8 Å². The summed E-state index contributed by atoms with van der Waals surface area (Å²) in [5.41, 5.74) is 0.961. The van der Waals surface area contributed by atoms with Gasteiger partial charge >= 0.3 is 6.18 Å². The third-order valence-electron chi connectivity index (χ3n) is 3.57. The number of nitrogens with zero attached hydrogens (tertiary/aromatic N) is 2. The van der Waals surface area contributed by atoms with Crippen molar-refractivity contribution in [3.8, 4) is 0 Å². The van der Waals surface area contributed by atoms with E-state index in [1.807, 2.05) is 6.07 Å². The third-order valence-corrected chi connectivity index (χ3v) is 3.57. The van der Waals surface area contributed by atoms with Gasteiger partial charge in [-0.2, -0.15) is 13.2 Å². The lowest BCUT2D eigenvalue weighted by Gasteiger charge is -2.33. The van der Waals surface area contributed by atoms with Crippen LogP contribution in [0.4, 0.5) is 13.2 Å². The van der Waals surface area contributed by atoms with Gasteiger partial charge in [0.05, 0.1) is 18.7 Å². The quantitative estimate of drug-likeness (QED) is 0.813. The van der Waals surface area contributed by atoms with E-state index in [1.165, 1.54) is 4.90 Å². The number of benzene rings is 1. The van der Waals surface area contributed by atoms with Crippen LogP contribution >= 0.6 is 0 Å². The van der Waals surface area contributed by atoms with Crippen LogP contribution in [0.5, 0.6) is 0 Å². The molecular weight excluding hydrogens is 297 g/mol. The summed E-state index contributed by atoms with van der Waals surface area (Å²) < 4.78 is 42.8. The van der Waals surface area contributed by atoms with E-state index in [0.29, 0.717) is 11.1 Å². The van der Waals surface area contributed by atoms with Crippen LogP contribution in [0, 0.1) is 0 Å². The molecule has 22 heavy (non-hydrogen) atoms. The first-order chi connectivity index (χ1) is 10.4. The molecule has 7 heteroatoms. The lowest BCUT2D eigenvalue weighted by atomic mass is 10.1. The minimum Gasteiger partial charge on any atom is -0.365 e. The summed E-state index contributed by atoms with van der Waals surface area (Å²) in [6.45, 7) is -0.462. The molecule has 1 aliphatic rings. The van der Waals surface area contributed by atoms with Crippen molar-refractivity contribution in [2.24, 2.45) is 0 Å². The Kier molecular flexibility index (Phi) is 3.74. The van der Waals surface area contributed by atoms with Gasteiger partial charge in [0.1, 0.15) is 0 Å². The summed E-state index contributed by atoms with van der Waals surface area (Å²) >= 11 is 0. The van der Waals surface area contributed by atoms with Crippen LogP contribution in [0.15, 0.2) is 36.5 Å². The zero-order chi connectivity index (χ0) is 15.7. The maximum absolute atomic E-state index is 12.7. The molecule has 1 aromatic heterocycles. The highest BCUT2D eigenvalue weighted by Crippen LogP contribution is 2.26. The van der Waals surface area contributed by atoms with Crippen molar-refractivity contribution in [3.05, 3.63) is 42.1 Å². The number of aromatic nitrogens is 1. The summed E-state index contributed by atoms with van der Waals surface area (Å²) in [6.07, 6.45) is -4.79. The molecule has 0 N–H and O–H groups in total. The molecule has 0 radical (unpaired) electrons. The van der Waals surface area contributed by atoms with Gasteiger partial charge in [-0.25, -0.2) is 0 Å². The number of carbonyl (C=O) groups is 1. The number of pyridine rings is 1. The monoisotopic (exact) mass is 310 g/mol. The summed E-state index contributed by atoms with van der Waals surface area (Å²) in [5, 5.41) is 0.870. The van der Waals surface area contributed by atoms with Crippen LogP contribution in [0.2, 0.25) is 0 Å². The molecule has 1 aromatic carbocycles. The van der Waals surface area contributed by atoms with Crippen LogP contribution in [0.3, 0.4) is 0 Å². The third kappa shape index (κ3) is 2.89. The molecule has 3 rings (SSSR count). The molecule has 0 saturated carbocycles. The first-order valence-electron chi connectivity index (χ1n) is 6.77. The average molecular weight is 310 g/mol. The van der Waals surface area contributed by atoms with E-state index in [1.54, 1.807) is 30.5 Å². The molecule has 1 aliphatic heterocycles. The SMILES string of the molecule is O=C(c1ccc2cccnc2c1)N1CCO[C@@H](C(F)(F)F)C1. The van der Waals surface area contributed by atoms with Crippen LogP contribution in [0.1, 0.15) is 10.4 Å². The zero-order valence-electron chi connectivity index (χ0n) is 11.5.